The molecule has 1 aromatic carbocycles. The van der Waals surface area contributed by atoms with Gasteiger partial charge < -0.3 is 36.3 Å². The maximum atomic E-state index is 12.8. The van der Waals surface area contributed by atoms with Crippen LogP contribution in [0.1, 0.15) is 108 Å². The Balaban J connectivity index is 1.12. The van der Waals surface area contributed by atoms with Gasteiger partial charge in [-0.3, -0.25) is 14.2 Å². The molecule has 8 N–H and O–H groups in total. The number of anilines is 1. The number of unbranched alkanes of at least 4 members (excludes halogenated alkanes) is 13. The molecule has 53 heavy (non-hydrogen) atoms. The molecule has 1 aliphatic heterocycles. The van der Waals surface area contributed by atoms with Crippen LogP contribution in [0.15, 0.2) is 42.7 Å². The second-order valence-corrected chi connectivity index (χ2v) is 15.2. The highest BCUT2D eigenvalue weighted by atomic mass is 31.2. The van der Waals surface area contributed by atoms with Crippen LogP contribution in [0, 0.1) is 11.3 Å². The van der Waals surface area contributed by atoms with Crippen molar-refractivity contribution in [2.24, 2.45) is 5.73 Å². The van der Waals surface area contributed by atoms with Gasteiger partial charge in [0.15, 0.2) is 5.82 Å². The predicted molar refractivity (Wildman–Crippen MR) is 199 cm³/mol. The van der Waals surface area contributed by atoms with Gasteiger partial charge in [0.2, 0.25) is 11.5 Å². The van der Waals surface area contributed by atoms with E-state index in [0.717, 1.165) is 24.7 Å². The van der Waals surface area contributed by atoms with E-state index in [9.17, 15) is 29.7 Å². The number of phosphoric ester groups is 1. The summed E-state index contributed by atoms with van der Waals surface area (Å²) in [5.74, 6) is -0.109. The van der Waals surface area contributed by atoms with E-state index in [1.54, 1.807) is 12.1 Å². The first-order chi connectivity index (χ1) is 25.5. The van der Waals surface area contributed by atoms with Crippen LogP contribution in [0.4, 0.5) is 5.82 Å². The number of aliphatic hydroxyl groups is 2. The number of amides is 1. The number of rotatable bonds is 24. The zero-order valence-electron chi connectivity index (χ0n) is 30.6. The van der Waals surface area contributed by atoms with Gasteiger partial charge in [-0.1, -0.05) is 103 Å². The Labute approximate surface area is 311 Å². The van der Waals surface area contributed by atoms with E-state index in [2.05, 4.69) is 22.3 Å². The summed E-state index contributed by atoms with van der Waals surface area (Å²) in [5.41, 5.74) is 11.1. The highest BCUT2D eigenvalue weighted by molar-refractivity contribution is 7.47. The van der Waals surface area contributed by atoms with E-state index in [1.807, 2.05) is 6.07 Å². The molecule has 4 rings (SSSR count). The summed E-state index contributed by atoms with van der Waals surface area (Å²) in [7, 11) is -4.75. The van der Waals surface area contributed by atoms with Crippen molar-refractivity contribution in [3.63, 3.8) is 0 Å². The zero-order valence-corrected chi connectivity index (χ0v) is 31.5. The number of aliphatic hydroxyl groups excluding tert-OH is 2. The highest BCUT2D eigenvalue weighted by Crippen LogP contribution is 2.46. The topological polar surface area (TPSA) is 241 Å². The predicted octanol–water partition coefficient (Wildman–Crippen LogP) is 4.81. The summed E-state index contributed by atoms with van der Waals surface area (Å²) in [6, 6.07) is 10.2. The molecule has 1 aliphatic rings. The normalized spacial score (nSPS) is 21.6. The van der Waals surface area contributed by atoms with Crippen molar-refractivity contribution < 1.29 is 38.3 Å². The molecule has 0 radical (unpaired) electrons. The van der Waals surface area contributed by atoms with Crippen molar-refractivity contribution in [2.45, 2.75) is 133 Å². The molecule has 6 atom stereocenters. The first-order valence-electron chi connectivity index (χ1n) is 18.8. The lowest BCUT2D eigenvalue weighted by atomic mass is 9.92. The molecule has 15 nitrogen and oxygen atoms in total. The van der Waals surface area contributed by atoms with Crippen LogP contribution in [0.25, 0.3) is 5.52 Å². The lowest BCUT2D eigenvalue weighted by Gasteiger charge is -2.24. The number of fused-ring (bicyclic) bond motifs is 1. The molecule has 2 aromatic heterocycles. The number of phosphoric acid groups is 1. The van der Waals surface area contributed by atoms with Crippen molar-refractivity contribution in [1.29, 1.82) is 5.26 Å². The summed E-state index contributed by atoms with van der Waals surface area (Å²) in [4.78, 5) is 26.8. The fourth-order valence-electron chi connectivity index (χ4n) is 6.57. The van der Waals surface area contributed by atoms with Crippen molar-refractivity contribution in [3.05, 3.63) is 54.0 Å². The molecule has 1 saturated heterocycles. The largest absolute Gasteiger partial charge is 0.527 e. The minimum atomic E-state index is -4.75. The van der Waals surface area contributed by atoms with E-state index in [1.165, 1.54) is 106 Å². The Morgan fingerprint density at radius 3 is 2.23 bits per heavy atom. The van der Waals surface area contributed by atoms with Gasteiger partial charge in [-0.25, -0.2) is 14.1 Å². The van der Waals surface area contributed by atoms with Crippen LogP contribution in [-0.4, -0.2) is 73.1 Å². The number of carbonyl (C=O) groups excluding carboxylic acids is 1. The third-order valence-electron chi connectivity index (χ3n) is 9.65. The standard InChI is InChI=1S/C37H56N7O8P/c1-2-3-4-5-6-7-8-9-10-11-12-13-14-15-22-41-36(47)29(39)23-27-16-18-28(19-17-27)52-53(48,49)50-24-31-33(45)34(46)37(25-38,51-31)32-21-20-30-35(40)42-26-43-44(30)32/h16-21,26,29,31,33-34,45-46H,2-15,22-24,39H2,1H3,(H,41,47)(H,48,49)(H2,40,42,43)/t29-,31+,33?,34?,37?/m0/s1. The van der Waals surface area contributed by atoms with Gasteiger partial charge in [-0.2, -0.15) is 10.4 Å². The monoisotopic (exact) mass is 757 g/mol. The SMILES string of the molecule is CCCCCCCCCCCCCCCCNC(=O)[C@@H](N)Cc1ccc(OP(=O)(O)OC[C@H]2OC(C#N)(c3ccc4c(N)ncnn34)C(O)C2O)cc1. The number of nitriles is 1. The molecule has 4 unspecified atom stereocenters. The van der Waals surface area contributed by atoms with E-state index >= 15 is 0 Å². The minimum Gasteiger partial charge on any atom is -0.404 e. The van der Waals surface area contributed by atoms with Crippen molar-refractivity contribution in [1.82, 2.24) is 19.9 Å². The average Bonchev–Trinajstić information content (AvgIpc) is 3.69. The molecule has 292 valence electrons. The fraction of sp³-hybridized carbons (Fsp3) is 0.622. The number of carbonyl (C=O) groups is 1. The minimum absolute atomic E-state index is 0.00614. The number of nitrogens with zero attached hydrogens (tertiary/aromatic N) is 4. The number of nitrogens with two attached hydrogens (primary N) is 2. The molecule has 1 fully saturated rings. The molecule has 0 bridgehead atoms. The van der Waals surface area contributed by atoms with Gasteiger partial charge in [0.1, 0.15) is 42.0 Å². The second-order valence-electron chi connectivity index (χ2n) is 13.8. The number of aromatic nitrogens is 3. The van der Waals surface area contributed by atoms with Crippen LogP contribution in [0.2, 0.25) is 0 Å². The van der Waals surface area contributed by atoms with Crippen LogP contribution >= 0.6 is 7.82 Å². The van der Waals surface area contributed by atoms with Crippen LogP contribution < -0.4 is 21.3 Å². The first kappa shape index (κ1) is 42.1. The van der Waals surface area contributed by atoms with Crippen LogP contribution in [-0.2, 0) is 30.6 Å². The van der Waals surface area contributed by atoms with Crippen molar-refractivity contribution in [3.8, 4) is 11.8 Å². The number of hydrogen-bond acceptors (Lipinski definition) is 12. The molecular weight excluding hydrogens is 701 g/mol. The average molecular weight is 758 g/mol. The Kier molecular flexibility index (Phi) is 16.5. The van der Waals surface area contributed by atoms with Gasteiger partial charge in [-0.15, -0.1) is 0 Å². The molecule has 16 heteroatoms. The molecule has 1 amide bonds. The van der Waals surface area contributed by atoms with Gasteiger partial charge >= 0.3 is 7.82 Å². The van der Waals surface area contributed by atoms with Crippen LogP contribution in [0.3, 0.4) is 0 Å². The highest BCUT2D eigenvalue weighted by Gasteiger charge is 2.58. The maximum absolute atomic E-state index is 12.8. The summed E-state index contributed by atoms with van der Waals surface area (Å²) < 4.78 is 30.1. The molecular formula is C37H56N7O8P. The summed E-state index contributed by atoms with van der Waals surface area (Å²) in [6.07, 6.45) is 14.4. The van der Waals surface area contributed by atoms with Gasteiger partial charge in [0, 0.05) is 6.54 Å². The summed E-state index contributed by atoms with van der Waals surface area (Å²) in [5, 5.41) is 38.6. The molecule has 0 aliphatic carbocycles. The number of ether oxygens (including phenoxy) is 1. The van der Waals surface area contributed by atoms with Crippen molar-refractivity contribution >= 4 is 25.1 Å². The number of nitrogen functional groups attached to an aromatic ring is 1. The molecule has 0 spiro atoms. The first-order valence-corrected chi connectivity index (χ1v) is 20.3. The Morgan fingerprint density at radius 1 is 1.02 bits per heavy atom. The quantitative estimate of drug-likeness (QED) is 0.0532. The molecule has 0 saturated carbocycles. The van der Waals surface area contributed by atoms with Crippen LogP contribution in [0.5, 0.6) is 5.75 Å². The van der Waals surface area contributed by atoms with Crippen molar-refractivity contribution in [2.75, 3.05) is 18.9 Å². The second kappa shape index (κ2) is 20.7. The fourth-order valence-corrected chi connectivity index (χ4v) is 7.35. The maximum Gasteiger partial charge on any atom is 0.527 e. The lowest BCUT2D eigenvalue weighted by Crippen LogP contribution is -2.42. The molecule has 3 heterocycles. The lowest BCUT2D eigenvalue weighted by molar-refractivity contribution is -0.122. The Bertz CT molecular complexity index is 1670. The third-order valence-corrected chi connectivity index (χ3v) is 10.6. The van der Waals surface area contributed by atoms with E-state index in [-0.39, 0.29) is 29.6 Å². The Morgan fingerprint density at radius 2 is 1.62 bits per heavy atom. The van der Waals surface area contributed by atoms with E-state index in [0.29, 0.717) is 12.1 Å². The summed E-state index contributed by atoms with van der Waals surface area (Å²) >= 11 is 0. The number of benzene rings is 1. The van der Waals surface area contributed by atoms with E-state index < -0.39 is 44.4 Å². The van der Waals surface area contributed by atoms with Gasteiger partial charge in [0.25, 0.3) is 0 Å². The third kappa shape index (κ3) is 11.9. The smallest absolute Gasteiger partial charge is 0.404 e. The zero-order chi connectivity index (χ0) is 38.3. The van der Waals surface area contributed by atoms with Gasteiger partial charge in [-0.05, 0) is 42.7 Å². The van der Waals surface area contributed by atoms with E-state index in [4.69, 9.17) is 25.3 Å². The van der Waals surface area contributed by atoms with Gasteiger partial charge in [0.05, 0.1) is 18.3 Å². The number of nitrogens with one attached hydrogen (secondary N) is 1. The Hall–Kier alpha value is -3.61. The molecule has 3 aromatic rings. The number of hydrogen-bond donors (Lipinski definition) is 6. The summed E-state index contributed by atoms with van der Waals surface area (Å²) in [6.45, 7) is 2.13.